The van der Waals surface area contributed by atoms with Crippen molar-refractivity contribution in [3.05, 3.63) is 24.3 Å². The quantitative estimate of drug-likeness (QED) is 0.735. The van der Waals surface area contributed by atoms with Gasteiger partial charge in [-0.1, -0.05) is 13.8 Å². The molecule has 0 aliphatic rings. The average Bonchev–Trinajstić information content (AvgIpc) is 2.45. The Bertz CT molecular complexity index is 579. The molecule has 6 heteroatoms. The monoisotopic (exact) mass is 327 g/mol. The third-order valence-corrected chi connectivity index (χ3v) is 5.09. The maximum absolute atomic E-state index is 12.2. The van der Waals surface area contributed by atoms with E-state index in [0.29, 0.717) is 18.3 Å². The highest BCUT2D eigenvalue weighted by atomic mass is 32.2. The van der Waals surface area contributed by atoms with Crippen LogP contribution in [0.15, 0.2) is 29.2 Å². The molecule has 0 aromatic heterocycles. The summed E-state index contributed by atoms with van der Waals surface area (Å²) in [5.74, 6) is 0.999. The van der Waals surface area contributed by atoms with Crippen molar-refractivity contribution in [3.63, 3.8) is 0 Å². The summed E-state index contributed by atoms with van der Waals surface area (Å²) >= 11 is 0. The van der Waals surface area contributed by atoms with Gasteiger partial charge >= 0.3 is 0 Å². The number of ether oxygens (including phenoxy) is 1. The molecule has 0 atom stereocenters. The van der Waals surface area contributed by atoms with Gasteiger partial charge in [0.25, 0.3) is 0 Å². The zero-order chi connectivity index (χ0) is 16.8. The number of nitrogens with zero attached hydrogens (tertiary/aromatic N) is 1. The topological polar surface area (TPSA) is 63.7 Å². The molecular weight excluding hydrogens is 302 g/mol. The minimum Gasteiger partial charge on any atom is -0.494 e. The fourth-order valence-corrected chi connectivity index (χ4v) is 2.99. The second-order valence-electron chi connectivity index (χ2n) is 5.76. The summed E-state index contributed by atoms with van der Waals surface area (Å²) in [7, 11) is -1.80. The smallest absolute Gasteiger partial charge is 0.219 e. The lowest BCUT2D eigenvalue weighted by atomic mass is 10.1. The largest absolute Gasteiger partial charge is 0.494 e. The van der Waals surface area contributed by atoms with Crippen molar-refractivity contribution in [1.82, 2.24) is 4.90 Å². The molecular formula is C16H25NO4S. The Morgan fingerprint density at radius 1 is 1.23 bits per heavy atom. The van der Waals surface area contributed by atoms with E-state index in [0.717, 1.165) is 6.42 Å². The summed E-state index contributed by atoms with van der Waals surface area (Å²) in [6.07, 6.45) is 0.956. The summed E-state index contributed by atoms with van der Waals surface area (Å²) in [5, 5.41) is 0. The van der Waals surface area contributed by atoms with Gasteiger partial charge in [-0.25, -0.2) is 8.42 Å². The Morgan fingerprint density at radius 2 is 1.82 bits per heavy atom. The zero-order valence-electron chi connectivity index (χ0n) is 13.7. The van der Waals surface area contributed by atoms with Crippen molar-refractivity contribution in [2.24, 2.45) is 5.92 Å². The van der Waals surface area contributed by atoms with E-state index in [1.54, 1.807) is 31.3 Å². The molecule has 1 rings (SSSR count). The maximum atomic E-state index is 12.2. The van der Waals surface area contributed by atoms with Crippen molar-refractivity contribution in [3.8, 4) is 5.75 Å². The fourth-order valence-electron chi connectivity index (χ4n) is 1.69. The number of sulfone groups is 1. The molecule has 0 fully saturated rings. The van der Waals surface area contributed by atoms with E-state index >= 15 is 0 Å². The lowest BCUT2D eigenvalue weighted by Gasteiger charge is -2.14. The van der Waals surface area contributed by atoms with E-state index in [1.807, 2.05) is 0 Å². The van der Waals surface area contributed by atoms with Crippen LogP contribution < -0.4 is 4.74 Å². The number of carbonyl (C=O) groups is 1. The molecule has 0 radical (unpaired) electrons. The van der Waals surface area contributed by atoms with E-state index in [9.17, 15) is 13.2 Å². The van der Waals surface area contributed by atoms with Crippen LogP contribution in [-0.4, -0.2) is 45.2 Å². The second-order valence-corrected chi connectivity index (χ2v) is 7.87. The molecule has 1 amide bonds. The first-order valence-electron chi connectivity index (χ1n) is 7.39. The lowest BCUT2D eigenvalue weighted by molar-refractivity contribution is -0.127. The fraction of sp³-hybridized carbons (Fsp3) is 0.562. The van der Waals surface area contributed by atoms with E-state index in [-0.39, 0.29) is 23.1 Å². The molecule has 0 bridgehead atoms. The van der Waals surface area contributed by atoms with Gasteiger partial charge in [0, 0.05) is 20.5 Å². The standard InChI is InChI=1S/C16H25NO4S/c1-13(2)9-11-21-15-5-7-16(8-6-15)22(19,20)12-10-17(4)14(3)18/h5-8,13H,9-12H2,1-4H3. The van der Waals surface area contributed by atoms with Gasteiger partial charge in [-0.2, -0.15) is 0 Å². The Labute approximate surface area is 133 Å². The Morgan fingerprint density at radius 3 is 2.32 bits per heavy atom. The molecule has 0 heterocycles. The van der Waals surface area contributed by atoms with Crippen LogP contribution in [0.2, 0.25) is 0 Å². The number of rotatable bonds is 8. The normalized spacial score (nSPS) is 11.5. The number of carbonyl (C=O) groups excluding carboxylic acids is 1. The van der Waals surface area contributed by atoms with Crippen LogP contribution in [0.4, 0.5) is 0 Å². The molecule has 0 N–H and O–H groups in total. The van der Waals surface area contributed by atoms with E-state index in [2.05, 4.69) is 13.8 Å². The van der Waals surface area contributed by atoms with Crippen LogP contribution in [-0.2, 0) is 14.6 Å². The molecule has 0 saturated carbocycles. The van der Waals surface area contributed by atoms with Crippen molar-refractivity contribution in [1.29, 1.82) is 0 Å². The molecule has 1 aromatic rings. The van der Waals surface area contributed by atoms with Crippen LogP contribution in [0, 0.1) is 5.92 Å². The molecule has 0 unspecified atom stereocenters. The van der Waals surface area contributed by atoms with Gasteiger partial charge in [-0.15, -0.1) is 0 Å². The summed E-state index contributed by atoms with van der Waals surface area (Å²) in [5.41, 5.74) is 0. The van der Waals surface area contributed by atoms with Gasteiger partial charge < -0.3 is 9.64 Å². The minimum atomic E-state index is -3.39. The number of amides is 1. The molecule has 0 aliphatic carbocycles. The van der Waals surface area contributed by atoms with Crippen LogP contribution in [0.1, 0.15) is 27.2 Å². The van der Waals surface area contributed by atoms with Crippen molar-refractivity contribution >= 4 is 15.7 Å². The van der Waals surface area contributed by atoms with Crippen LogP contribution in [0.3, 0.4) is 0 Å². The predicted octanol–water partition coefficient (Wildman–Crippen LogP) is 2.36. The molecule has 22 heavy (non-hydrogen) atoms. The van der Waals surface area contributed by atoms with Crippen molar-refractivity contribution in [2.45, 2.75) is 32.1 Å². The van der Waals surface area contributed by atoms with E-state index in [4.69, 9.17) is 4.74 Å². The lowest BCUT2D eigenvalue weighted by Crippen LogP contribution is -2.29. The Hall–Kier alpha value is -1.56. The molecule has 5 nitrogen and oxygen atoms in total. The Balaban J connectivity index is 2.62. The third-order valence-electron chi connectivity index (χ3n) is 3.38. The molecule has 124 valence electrons. The second kappa shape index (κ2) is 8.17. The summed E-state index contributed by atoms with van der Waals surface area (Å²) in [6, 6.07) is 6.44. The summed E-state index contributed by atoms with van der Waals surface area (Å²) in [4.78, 5) is 12.7. The average molecular weight is 327 g/mol. The maximum Gasteiger partial charge on any atom is 0.219 e. The summed E-state index contributed by atoms with van der Waals surface area (Å²) < 4.78 is 30.0. The highest BCUT2D eigenvalue weighted by Crippen LogP contribution is 2.18. The molecule has 1 aromatic carbocycles. The highest BCUT2D eigenvalue weighted by molar-refractivity contribution is 7.91. The molecule has 0 spiro atoms. The predicted molar refractivity (Wildman–Crippen MR) is 86.8 cm³/mol. The van der Waals surface area contributed by atoms with Crippen LogP contribution >= 0.6 is 0 Å². The van der Waals surface area contributed by atoms with Gasteiger partial charge in [0.05, 0.1) is 17.3 Å². The first kappa shape index (κ1) is 18.5. The molecule has 0 aliphatic heterocycles. The van der Waals surface area contributed by atoms with Crippen LogP contribution in [0.5, 0.6) is 5.75 Å². The van der Waals surface area contributed by atoms with E-state index in [1.165, 1.54) is 11.8 Å². The first-order chi connectivity index (χ1) is 10.2. The van der Waals surface area contributed by atoms with Gasteiger partial charge in [0.15, 0.2) is 9.84 Å². The van der Waals surface area contributed by atoms with Gasteiger partial charge in [-0.05, 0) is 36.6 Å². The highest BCUT2D eigenvalue weighted by Gasteiger charge is 2.16. The minimum absolute atomic E-state index is 0.0867. The van der Waals surface area contributed by atoms with E-state index < -0.39 is 9.84 Å². The summed E-state index contributed by atoms with van der Waals surface area (Å²) in [6.45, 7) is 6.46. The zero-order valence-corrected chi connectivity index (χ0v) is 14.5. The van der Waals surface area contributed by atoms with Gasteiger partial charge in [0.2, 0.25) is 5.91 Å². The van der Waals surface area contributed by atoms with Crippen molar-refractivity contribution < 1.29 is 17.9 Å². The van der Waals surface area contributed by atoms with Crippen LogP contribution in [0.25, 0.3) is 0 Å². The first-order valence-corrected chi connectivity index (χ1v) is 9.05. The Kier molecular flexibility index (Phi) is 6.87. The van der Waals surface area contributed by atoms with Gasteiger partial charge in [0.1, 0.15) is 5.75 Å². The molecule has 0 saturated heterocycles. The van der Waals surface area contributed by atoms with Crippen molar-refractivity contribution in [2.75, 3.05) is 26.0 Å². The number of hydrogen-bond acceptors (Lipinski definition) is 4. The number of benzene rings is 1. The van der Waals surface area contributed by atoms with Gasteiger partial charge in [-0.3, -0.25) is 4.79 Å². The third kappa shape index (κ3) is 6.05. The SMILES string of the molecule is CC(=O)N(C)CCS(=O)(=O)c1ccc(OCCC(C)C)cc1. The number of hydrogen-bond donors (Lipinski definition) is 0.